The average molecular weight is 376 g/mol. The molecule has 0 bridgehead atoms. The first-order chi connectivity index (χ1) is 13.5. The Morgan fingerprint density at radius 2 is 1.75 bits per heavy atom. The van der Waals surface area contributed by atoms with Gasteiger partial charge in [-0.15, -0.1) is 0 Å². The van der Waals surface area contributed by atoms with Crippen LogP contribution in [0.3, 0.4) is 0 Å². The van der Waals surface area contributed by atoms with Crippen LogP contribution in [0.2, 0.25) is 0 Å². The third-order valence-corrected chi connectivity index (χ3v) is 4.08. The van der Waals surface area contributed by atoms with Gasteiger partial charge in [-0.1, -0.05) is 30.3 Å². The van der Waals surface area contributed by atoms with Crippen molar-refractivity contribution in [1.82, 2.24) is 9.78 Å². The molecule has 0 aliphatic rings. The number of esters is 1. The normalized spacial score (nSPS) is 10.8. The van der Waals surface area contributed by atoms with Crippen LogP contribution in [0.15, 0.2) is 67.0 Å². The van der Waals surface area contributed by atoms with Crippen molar-refractivity contribution in [3.8, 4) is 5.75 Å². The highest BCUT2D eigenvalue weighted by molar-refractivity contribution is 6.06. The van der Waals surface area contributed by atoms with Gasteiger partial charge in [-0.05, 0) is 41.5 Å². The maximum atomic E-state index is 12.0. The molecule has 3 aromatic rings. The predicted octanol–water partition coefficient (Wildman–Crippen LogP) is 3.68. The van der Waals surface area contributed by atoms with Gasteiger partial charge in [0.15, 0.2) is 5.78 Å². The van der Waals surface area contributed by atoms with Crippen molar-refractivity contribution in [3.05, 3.63) is 89.3 Å². The van der Waals surface area contributed by atoms with Gasteiger partial charge in [0, 0.05) is 13.2 Å². The number of nitrogens with zero attached hydrogens (tertiary/aromatic N) is 2. The van der Waals surface area contributed by atoms with Crippen molar-refractivity contribution < 1.29 is 19.1 Å². The Morgan fingerprint density at radius 3 is 2.36 bits per heavy atom. The standard InChI is InChI=1S/C22H20N2O4/c1-24-14-19(13-23-24)21(25)12-7-16-5-10-20(11-6-16)28-15-17-3-8-18(9-4-17)22(26)27-2/h3-14H,15H2,1-2H3. The van der Waals surface area contributed by atoms with Crippen molar-refractivity contribution in [2.24, 2.45) is 7.05 Å². The molecular formula is C22H20N2O4. The average Bonchev–Trinajstić information content (AvgIpc) is 3.17. The molecule has 6 heteroatoms. The van der Waals surface area contributed by atoms with Gasteiger partial charge in [0.05, 0.1) is 24.4 Å². The number of methoxy groups -OCH3 is 1. The van der Waals surface area contributed by atoms with Crippen LogP contribution < -0.4 is 4.74 Å². The first-order valence-electron chi connectivity index (χ1n) is 8.66. The maximum Gasteiger partial charge on any atom is 0.337 e. The van der Waals surface area contributed by atoms with Crippen molar-refractivity contribution >= 4 is 17.8 Å². The highest BCUT2D eigenvalue weighted by atomic mass is 16.5. The Balaban J connectivity index is 1.55. The zero-order valence-electron chi connectivity index (χ0n) is 15.7. The first-order valence-corrected chi connectivity index (χ1v) is 8.66. The summed E-state index contributed by atoms with van der Waals surface area (Å²) >= 11 is 0. The smallest absolute Gasteiger partial charge is 0.337 e. The molecule has 0 spiro atoms. The molecule has 2 aromatic carbocycles. The highest BCUT2D eigenvalue weighted by Gasteiger charge is 2.05. The predicted molar refractivity (Wildman–Crippen MR) is 105 cm³/mol. The van der Waals surface area contributed by atoms with E-state index in [9.17, 15) is 9.59 Å². The summed E-state index contributed by atoms with van der Waals surface area (Å²) in [6.45, 7) is 0.385. The molecule has 0 N–H and O–H groups in total. The van der Waals surface area contributed by atoms with Crippen LogP contribution in [-0.4, -0.2) is 28.6 Å². The number of hydrogen-bond acceptors (Lipinski definition) is 5. The summed E-state index contributed by atoms with van der Waals surface area (Å²) in [5.74, 6) is 0.259. The second-order valence-electron chi connectivity index (χ2n) is 6.15. The van der Waals surface area contributed by atoms with Gasteiger partial charge in [-0.25, -0.2) is 4.79 Å². The van der Waals surface area contributed by atoms with E-state index < -0.39 is 0 Å². The molecule has 0 saturated heterocycles. The van der Waals surface area contributed by atoms with Crippen LogP contribution in [-0.2, 0) is 18.4 Å². The molecule has 28 heavy (non-hydrogen) atoms. The number of carbonyl (C=O) groups is 2. The van der Waals surface area contributed by atoms with E-state index in [2.05, 4.69) is 9.84 Å². The van der Waals surface area contributed by atoms with Crippen molar-refractivity contribution in [2.45, 2.75) is 6.61 Å². The van der Waals surface area contributed by atoms with Crippen LogP contribution in [0.5, 0.6) is 5.75 Å². The minimum atomic E-state index is -0.363. The molecule has 0 radical (unpaired) electrons. The summed E-state index contributed by atoms with van der Waals surface area (Å²) in [5.41, 5.74) is 2.89. The second kappa shape index (κ2) is 8.81. The molecule has 1 aromatic heterocycles. The maximum absolute atomic E-state index is 12.0. The fraction of sp³-hybridized carbons (Fsp3) is 0.136. The number of ketones is 1. The Kier molecular flexibility index (Phi) is 6.01. The Morgan fingerprint density at radius 1 is 1.04 bits per heavy atom. The van der Waals surface area contributed by atoms with Crippen molar-refractivity contribution in [2.75, 3.05) is 7.11 Å². The van der Waals surface area contributed by atoms with E-state index in [1.54, 1.807) is 42.3 Å². The van der Waals surface area contributed by atoms with Gasteiger partial charge in [0.1, 0.15) is 12.4 Å². The van der Waals surface area contributed by atoms with E-state index in [0.29, 0.717) is 23.5 Å². The number of aromatic nitrogens is 2. The molecule has 0 aliphatic heterocycles. The third kappa shape index (κ3) is 4.94. The van der Waals surface area contributed by atoms with E-state index in [-0.39, 0.29) is 11.8 Å². The van der Waals surface area contributed by atoms with Crippen LogP contribution in [0.25, 0.3) is 6.08 Å². The Bertz CT molecular complexity index is 986. The quantitative estimate of drug-likeness (QED) is 0.357. The van der Waals surface area contributed by atoms with Crippen LogP contribution in [0.1, 0.15) is 31.8 Å². The minimum absolute atomic E-state index is 0.0937. The second-order valence-corrected chi connectivity index (χ2v) is 6.15. The van der Waals surface area contributed by atoms with Gasteiger partial charge in [-0.2, -0.15) is 5.10 Å². The molecule has 0 amide bonds. The summed E-state index contributed by atoms with van der Waals surface area (Å²) < 4.78 is 12.0. The van der Waals surface area contributed by atoms with E-state index in [0.717, 1.165) is 11.1 Å². The topological polar surface area (TPSA) is 70.4 Å². The van der Waals surface area contributed by atoms with Crippen LogP contribution >= 0.6 is 0 Å². The van der Waals surface area contributed by atoms with Gasteiger partial charge in [-0.3, -0.25) is 9.48 Å². The molecular weight excluding hydrogens is 356 g/mol. The number of benzene rings is 2. The van der Waals surface area contributed by atoms with E-state index in [1.165, 1.54) is 13.2 Å². The number of rotatable bonds is 7. The monoisotopic (exact) mass is 376 g/mol. The van der Waals surface area contributed by atoms with E-state index >= 15 is 0 Å². The lowest BCUT2D eigenvalue weighted by Gasteiger charge is -2.07. The molecule has 0 aliphatic carbocycles. The molecule has 142 valence electrons. The lowest BCUT2D eigenvalue weighted by molar-refractivity contribution is 0.0600. The summed E-state index contributed by atoms with van der Waals surface area (Å²) in [7, 11) is 3.12. The Labute approximate surface area is 163 Å². The SMILES string of the molecule is COC(=O)c1ccc(COc2ccc(C=CC(=O)c3cnn(C)c3)cc2)cc1. The van der Waals surface area contributed by atoms with E-state index in [1.807, 2.05) is 36.4 Å². The lowest BCUT2D eigenvalue weighted by atomic mass is 10.1. The molecule has 0 saturated carbocycles. The van der Waals surface area contributed by atoms with Crippen LogP contribution in [0, 0.1) is 0 Å². The highest BCUT2D eigenvalue weighted by Crippen LogP contribution is 2.16. The van der Waals surface area contributed by atoms with Crippen LogP contribution in [0.4, 0.5) is 0 Å². The van der Waals surface area contributed by atoms with Gasteiger partial charge in [0.25, 0.3) is 0 Å². The van der Waals surface area contributed by atoms with Crippen molar-refractivity contribution in [3.63, 3.8) is 0 Å². The lowest BCUT2D eigenvalue weighted by Crippen LogP contribution is -2.01. The molecule has 0 atom stereocenters. The number of aryl methyl sites for hydroxylation is 1. The largest absolute Gasteiger partial charge is 0.489 e. The molecule has 3 rings (SSSR count). The van der Waals surface area contributed by atoms with Gasteiger partial charge < -0.3 is 9.47 Å². The fourth-order valence-electron chi connectivity index (χ4n) is 2.51. The van der Waals surface area contributed by atoms with Crippen molar-refractivity contribution in [1.29, 1.82) is 0 Å². The molecule has 0 unspecified atom stereocenters. The number of allylic oxidation sites excluding steroid dienone is 1. The summed E-state index contributed by atoms with van der Waals surface area (Å²) in [6.07, 6.45) is 6.50. The molecule has 6 nitrogen and oxygen atoms in total. The first kappa shape index (κ1) is 19.1. The Hall–Kier alpha value is -3.67. The third-order valence-electron chi connectivity index (χ3n) is 4.08. The van der Waals surface area contributed by atoms with E-state index in [4.69, 9.17) is 4.74 Å². The number of carbonyl (C=O) groups excluding carboxylic acids is 2. The summed E-state index contributed by atoms with van der Waals surface area (Å²) in [4.78, 5) is 23.5. The molecule has 0 fully saturated rings. The van der Waals surface area contributed by atoms with Gasteiger partial charge in [0.2, 0.25) is 0 Å². The number of ether oxygens (including phenoxy) is 2. The molecule has 1 heterocycles. The zero-order valence-corrected chi connectivity index (χ0v) is 15.7. The fourth-order valence-corrected chi connectivity index (χ4v) is 2.51. The minimum Gasteiger partial charge on any atom is -0.489 e. The van der Waals surface area contributed by atoms with Gasteiger partial charge >= 0.3 is 5.97 Å². The summed E-state index contributed by atoms with van der Waals surface area (Å²) in [5, 5.41) is 3.99. The zero-order chi connectivity index (χ0) is 19.9. The number of hydrogen-bond donors (Lipinski definition) is 0. The summed E-state index contributed by atoms with van der Waals surface area (Å²) in [6, 6.07) is 14.5.